The Kier molecular flexibility index (Phi) is 3.06. The molecule has 0 aromatic carbocycles. The fourth-order valence-corrected chi connectivity index (χ4v) is 0.927. The molecule has 0 fully saturated rings. The number of hydrogen-bond donors (Lipinski definition) is 0. The summed E-state index contributed by atoms with van der Waals surface area (Å²) in [5.74, 6) is -0.756. The van der Waals surface area contributed by atoms with Crippen molar-refractivity contribution < 1.29 is 19.2 Å². The first kappa shape index (κ1) is 10.8. The molecule has 1 rings (SSSR count). The van der Waals surface area contributed by atoms with E-state index in [-0.39, 0.29) is 12.0 Å². The maximum absolute atomic E-state index is 11.0. The van der Waals surface area contributed by atoms with Crippen LogP contribution in [-0.2, 0) is 4.74 Å². The summed E-state index contributed by atoms with van der Waals surface area (Å²) in [7, 11) is 1.14. The number of esters is 1. The molecule has 0 unspecified atom stereocenters. The van der Waals surface area contributed by atoms with Crippen molar-refractivity contribution in [2.45, 2.75) is 0 Å². The van der Waals surface area contributed by atoms with E-state index < -0.39 is 22.3 Å². The molecule has 0 aliphatic rings. The summed E-state index contributed by atoms with van der Waals surface area (Å²) in [6, 6.07) is 2.15. The van der Waals surface area contributed by atoms with Gasteiger partial charge in [0.15, 0.2) is 12.0 Å². The molecule has 7 nitrogen and oxygen atoms in total. The largest absolute Gasteiger partial charge is 0.464 e. The molecule has 0 atom stereocenters. The predicted octanol–water partition coefficient (Wildman–Crippen LogP) is 0.589. The first-order valence-electron chi connectivity index (χ1n) is 3.79. The van der Waals surface area contributed by atoms with Crippen molar-refractivity contribution in [2.24, 2.45) is 0 Å². The van der Waals surface area contributed by atoms with Crippen molar-refractivity contribution in [3.63, 3.8) is 0 Å². The molecule has 7 heteroatoms. The summed E-state index contributed by atoms with van der Waals surface area (Å²) in [4.78, 5) is 34.6. The molecule has 0 spiro atoms. The van der Waals surface area contributed by atoms with E-state index in [1.54, 1.807) is 0 Å². The van der Waals surface area contributed by atoms with E-state index in [0.29, 0.717) is 0 Å². The van der Waals surface area contributed by atoms with E-state index >= 15 is 0 Å². The monoisotopic (exact) mass is 210 g/mol. The molecule has 1 heterocycles. The zero-order valence-electron chi connectivity index (χ0n) is 7.67. The van der Waals surface area contributed by atoms with Crippen LogP contribution in [0.25, 0.3) is 0 Å². The number of hydrogen-bond acceptors (Lipinski definition) is 6. The summed E-state index contributed by atoms with van der Waals surface area (Å²) in [6.07, 6.45) is 0.213. The highest BCUT2D eigenvalue weighted by Crippen LogP contribution is 2.15. The fraction of sp³-hybridized carbons (Fsp3) is 0.125. The van der Waals surface area contributed by atoms with Crippen molar-refractivity contribution in [3.8, 4) is 0 Å². The minimum atomic E-state index is -0.756. The van der Waals surface area contributed by atoms with Crippen LogP contribution in [0.15, 0.2) is 12.1 Å². The normalized spacial score (nSPS) is 9.40. The average molecular weight is 210 g/mol. The van der Waals surface area contributed by atoms with Gasteiger partial charge in [-0.1, -0.05) is 0 Å². The van der Waals surface area contributed by atoms with Crippen LogP contribution < -0.4 is 0 Å². The zero-order chi connectivity index (χ0) is 11.4. The number of pyridine rings is 1. The maximum Gasteiger partial charge on any atom is 0.356 e. The number of rotatable bonds is 3. The van der Waals surface area contributed by atoms with E-state index in [9.17, 15) is 19.7 Å². The van der Waals surface area contributed by atoms with Crippen LogP contribution in [0.5, 0.6) is 0 Å². The van der Waals surface area contributed by atoms with Gasteiger partial charge < -0.3 is 4.74 Å². The third-order valence-corrected chi connectivity index (χ3v) is 1.61. The number of nitrogens with zero attached hydrogens (tertiary/aromatic N) is 2. The number of aromatic nitrogens is 1. The maximum atomic E-state index is 11.0. The second kappa shape index (κ2) is 4.27. The van der Waals surface area contributed by atoms with Crippen LogP contribution in [0.3, 0.4) is 0 Å². The van der Waals surface area contributed by atoms with Crippen molar-refractivity contribution in [1.29, 1.82) is 0 Å². The number of methoxy groups -OCH3 is 1. The molecule has 0 aliphatic heterocycles. The molecule has 0 amide bonds. The van der Waals surface area contributed by atoms with Crippen molar-refractivity contribution in [2.75, 3.05) is 7.11 Å². The van der Waals surface area contributed by atoms with E-state index in [0.717, 1.165) is 19.2 Å². The van der Waals surface area contributed by atoms with Crippen LogP contribution in [-0.4, -0.2) is 29.3 Å². The summed E-state index contributed by atoms with van der Waals surface area (Å²) in [5, 5.41) is 10.4. The molecule has 0 saturated carbocycles. The molecular formula is C8H6N2O5. The number of carbonyl (C=O) groups excluding carboxylic acids is 2. The molecule has 0 aliphatic carbocycles. The molecule has 0 radical (unpaired) electrons. The Morgan fingerprint density at radius 3 is 2.73 bits per heavy atom. The van der Waals surface area contributed by atoms with Gasteiger partial charge in [-0.05, 0) is 6.07 Å². The van der Waals surface area contributed by atoms with Crippen LogP contribution in [0.2, 0.25) is 0 Å². The van der Waals surface area contributed by atoms with Crippen LogP contribution in [0, 0.1) is 10.1 Å². The zero-order valence-corrected chi connectivity index (χ0v) is 7.67. The molecule has 1 aromatic rings. The van der Waals surface area contributed by atoms with E-state index in [4.69, 9.17) is 0 Å². The highest BCUT2D eigenvalue weighted by Gasteiger charge is 2.18. The first-order chi connectivity index (χ1) is 7.10. The van der Waals surface area contributed by atoms with Crippen molar-refractivity contribution in [1.82, 2.24) is 4.98 Å². The lowest BCUT2D eigenvalue weighted by molar-refractivity contribution is -0.385. The molecule has 0 saturated heterocycles. The molecular weight excluding hydrogens is 204 g/mol. The summed E-state index contributed by atoms with van der Waals surface area (Å²) in [6.45, 7) is 0. The van der Waals surface area contributed by atoms with Gasteiger partial charge in [0.2, 0.25) is 0 Å². The van der Waals surface area contributed by atoms with Gasteiger partial charge in [0.25, 0.3) is 5.69 Å². The van der Waals surface area contributed by atoms with Gasteiger partial charge in [0.05, 0.1) is 12.0 Å². The lowest BCUT2D eigenvalue weighted by atomic mass is 10.2. The molecule has 0 N–H and O–H groups in total. The highest BCUT2D eigenvalue weighted by atomic mass is 16.6. The number of aldehydes is 1. The molecule has 15 heavy (non-hydrogen) atoms. The summed E-state index contributed by atoms with van der Waals surface area (Å²) < 4.78 is 4.35. The minimum Gasteiger partial charge on any atom is -0.464 e. The Morgan fingerprint density at radius 1 is 1.60 bits per heavy atom. The Bertz CT molecular complexity index is 429. The predicted molar refractivity (Wildman–Crippen MR) is 47.6 cm³/mol. The number of nitro groups is 1. The lowest BCUT2D eigenvalue weighted by Gasteiger charge is -1.99. The Balaban J connectivity index is 3.24. The van der Waals surface area contributed by atoms with Gasteiger partial charge >= 0.3 is 5.97 Å². The molecule has 78 valence electrons. The fourth-order valence-electron chi connectivity index (χ4n) is 0.927. The Hall–Kier alpha value is -2.31. The van der Waals surface area contributed by atoms with Crippen molar-refractivity contribution >= 4 is 17.9 Å². The topological polar surface area (TPSA) is 99.4 Å². The summed E-state index contributed by atoms with van der Waals surface area (Å²) >= 11 is 0. The standard InChI is InChI=1S/C8H6N2O5/c1-15-8(12)5-2-3-7(10(13)14)6(4-11)9-5/h2-4H,1H3. The quantitative estimate of drug-likeness (QED) is 0.313. The Labute approximate surface area is 83.8 Å². The van der Waals surface area contributed by atoms with E-state index in [1.165, 1.54) is 0 Å². The average Bonchev–Trinajstić information content (AvgIpc) is 2.26. The van der Waals surface area contributed by atoms with Crippen LogP contribution in [0.4, 0.5) is 5.69 Å². The lowest BCUT2D eigenvalue weighted by Crippen LogP contribution is -2.07. The molecule has 1 aromatic heterocycles. The second-order valence-corrected chi connectivity index (χ2v) is 2.47. The number of carbonyl (C=O) groups is 2. The van der Waals surface area contributed by atoms with E-state index in [2.05, 4.69) is 9.72 Å². The Morgan fingerprint density at radius 2 is 2.27 bits per heavy atom. The van der Waals surface area contributed by atoms with Crippen LogP contribution in [0.1, 0.15) is 21.0 Å². The number of ether oxygens (including phenoxy) is 1. The van der Waals surface area contributed by atoms with Gasteiger partial charge in [0.1, 0.15) is 5.69 Å². The van der Waals surface area contributed by atoms with Crippen LogP contribution >= 0.6 is 0 Å². The minimum absolute atomic E-state index is 0.148. The van der Waals surface area contributed by atoms with Gasteiger partial charge in [0, 0.05) is 6.07 Å². The molecule has 0 bridgehead atoms. The van der Waals surface area contributed by atoms with Gasteiger partial charge in [-0.3, -0.25) is 14.9 Å². The second-order valence-electron chi connectivity index (χ2n) is 2.47. The third-order valence-electron chi connectivity index (χ3n) is 1.61. The highest BCUT2D eigenvalue weighted by molar-refractivity contribution is 5.89. The van der Waals surface area contributed by atoms with Gasteiger partial charge in [-0.2, -0.15) is 0 Å². The van der Waals surface area contributed by atoms with Gasteiger partial charge in [-0.25, -0.2) is 9.78 Å². The van der Waals surface area contributed by atoms with Gasteiger partial charge in [-0.15, -0.1) is 0 Å². The third kappa shape index (κ3) is 2.13. The summed E-state index contributed by atoms with van der Waals surface area (Å²) in [5.41, 5.74) is -0.995. The SMILES string of the molecule is COC(=O)c1ccc([N+](=O)[O-])c(C=O)n1. The van der Waals surface area contributed by atoms with E-state index in [1.807, 2.05) is 0 Å². The first-order valence-corrected chi connectivity index (χ1v) is 3.79. The smallest absolute Gasteiger partial charge is 0.356 e. The van der Waals surface area contributed by atoms with Crippen molar-refractivity contribution in [3.05, 3.63) is 33.6 Å².